The Morgan fingerprint density at radius 1 is 1.50 bits per heavy atom. The number of nitriles is 1. The number of esters is 1. The third kappa shape index (κ3) is 5.37. The molecule has 1 aromatic rings. The quantitative estimate of drug-likeness (QED) is 0.846. The molecule has 4 nitrogen and oxygen atoms in total. The van der Waals surface area contributed by atoms with E-state index in [0.717, 1.165) is 5.56 Å². The summed E-state index contributed by atoms with van der Waals surface area (Å²) in [6.45, 7) is 2.08. The highest BCUT2D eigenvalue weighted by molar-refractivity contribution is 6.30. The number of halogens is 2. The first-order valence-electron chi connectivity index (χ1n) is 5.21. The first-order chi connectivity index (χ1) is 8.17. The van der Waals surface area contributed by atoms with Crippen LogP contribution in [0.3, 0.4) is 0 Å². The Kier molecular flexibility index (Phi) is 8.14. The van der Waals surface area contributed by atoms with Gasteiger partial charge < -0.3 is 4.74 Å². The van der Waals surface area contributed by atoms with Gasteiger partial charge in [-0.1, -0.05) is 23.7 Å². The summed E-state index contributed by atoms with van der Waals surface area (Å²) >= 11 is 5.75. The molecule has 18 heavy (non-hydrogen) atoms. The number of hydrogen-bond donors (Lipinski definition) is 1. The zero-order valence-corrected chi connectivity index (χ0v) is 11.4. The Morgan fingerprint density at radius 3 is 2.61 bits per heavy atom. The summed E-state index contributed by atoms with van der Waals surface area (Å²) in [7, 11) is 0. The van der Waals surface area contributed by atoms with E-state index in [4.69, 9.17) is 21.6 Å². The van der Waals surface area contributed by atoms with Gasteiger partial charge in [-0.05, 0) is 24.6 Å². The molecule has 0 aliphatic carbocycles. The Balaban J connectivity index is 0.00000289. The molecule has 0 radical (unpaired) electrons. The highest BCUT2D eigenvalue weighted by Crippen LogP contribution is 2.15. The molecule has 1 aromatic carbocycles. The number of carbonyl (C=O) groups is 1. The van der Waals surface area contributed by atoms with Gasteiger partial charge in [0.25, 0.3) is 0 Å². The molecular formula is C12H14Cl2N2O2. The van der Waals surface area contributed by atoms with E-state index >= 15 is 0 Å². The molecule has 0 bridgehead atoms. The van der Waals surface area contributed by atoms with Crippen LogP contribution in [0.15, 0.2) is 24.3 Å². The Morgan fingerprint density at radius 2 is 2.11 bits per heavy atom. The predicted octanol–water partition coefficient (Wildman–Crippen LogP) is 2.48. The summed E-state index contributed by atoms with van der Waals surface area (Å²) in [5.74, 6) is -0.373. The summed E-state index contributed by atoms with van der Waals surface area (Å²) in [6, 6.07) is 8.42. The van der Waals surface area contributed by atoms with E-state index in [1.807, 2.05) is 0 Å². The summed E-state index contributed by atoms with van der Waals surface area (Å²) in [5.41, 5.74) is 0.765. The van der Waals surface area contributed by atoms with Crippen LogP contribution in [0.1, 0.15) is 18.5 Å². The molecule has 1 atom stereocenters. The minimum Gasteiger partial charge on any atom is -0.465 e. The number of ether oxygens (including phenoxy) is 1. The van der Waals surface area contributed by atoms with Crippen molar-refractivity contribution >= 4 is 30.0 Å². The molecule has 1 N–H and O–H groups in total. The number of benzene rings is 1. The molecule has 0 saturated heterocycles. The maximum absolute atomic E-state index is 11.1. The molecule has 0 fully saturated rings. The van der Waals surface area contributed by atoms with Crippen molar-refractivity contribution < 1.29 is 9.53 Å². The Bertz CT molecular complexity index is 415. The maximum atomic E-state index is 11.1. The normalized spacial score (nSPS) is 10.9. The standard InChI is InChI=1S/C12H13ClN2O2.ClH/c1-2-17-12(16)8-15-11(7-14)9-3-5-10(13)6-4-9;/h3-6,11,15H,2,8H2,1H3;1H. The largest absolute Gasteiger partial charge is 0.465 e. The van der Waals surface area contributed by atoms with E-state index in [9.17, 15) is 4.79 Å². The Labute approximate surface area is 117 Å². The summed E-state index contributed by atoms with van der Waals surface area (Å²) in [5, 5.41) is 12.4. The van der Waals surface area contributed by atoms with Gasteiger partial charge in [0, 0.05) is 5.02 Å². The highest BCUT2D eigenvalue weighted by Gasteiger charge is 2.11. The van der Waals surface area contributed by atoms with Crippen LogP contribution >= 0.6 is 24.0 Å². The second-order valence-corrected chi connectivity index (χ2v) is 3.74. The average Bonchev–Trinajstić information content (AvgIpc) is 2.32. The van der Waals surface area contributed by atoms with Gasteiger partial charge in [0.1, 0.15) is 6.04 Å². The van der Waals surface area contributed by atoms with Crippen LogP contribution in [0.25, 0.3) is 0 Å². The van der Waals surface area contributed by atoms with E-state index in [0.29, 0.717) is 11.6 Å². The number of nitrogens with zero attached hydrogens (tertiary/aromatic N) is 1. The lowest BCUT2D eigenvalue weighted by Crippen LogP contribution is -2.28. The van der Waals surface area contributed by atoms with Gasteiger partial charge >= 0.3 is 5.97 Å². The van der Waals surface area contributed by atoms with Crippen molar-refractivity contribution in [2.45, 2.75) is 13.0 Å². The lowest BCUT2D eigenvalue weighted by molar-refractivity contribution is -0.142. The van der Waals surface area contributed by atoms with Crippen LogP contribution in [0.4, 0.5) is 0 Å². The van der Waals surface area contributed by atoms with Crippen LogP contribution < -0.4 is 5.32 Å². The fourth-order valence-electron chi connectivity index (χ4n) is 1.29. The van der Waals surface area contributed by atoms with Crippen molar-refractivity contribution in [3.63, 3.8) is 0 Å². The fourth-order valence-corrected chi connectivity index (χ4v) is 1.42. The SMILES string of the molecule is CCOC(=O)CNC(C#N)c1ccc(Cl)cc1.Cl. The number of hydrogen-bond acceptors (Lipinski definition) is 4. The minimum atomic E-state index is -0.545. The number of nitrogens with one attached hydrogen (secondary N) is 1. The van der Waals surface area contributed by atoms with Gasteiger partial charge in [-0.15, -0.1) is 12.4 Å². The minimum absolute atomic E-state index is 0. The van der Waals surface area contributed by atoms with Crippen LogP contribution in [0.2, 0.25) is 5.02 Å². The molecule has 0 heterocycles. The third-order valence-electron chi connectivity index (χ3n) is 2.09. The summed E-state index contributed by atoms with van der Waals surface area (Å²) in [6.07, 6.45) is 0. The third-order valence-corrected chi connectivity index (χ3v) is 2.34. The van der Waals surface area contributed by atoms with Crippen molar-refractivity contribution in [2.75, 3.05) is 13.2 Å². The molecule has 98 valence electrons. The zero-order chi connectivity index (χ0) is 12.7. The van der Waals surface area contributed by atoms with E-state index in [1.54, 1.807) is 31.2 Å². The predicted molar refractivity (Wildman–Crippen MR) is 71.7 cm³/mol. The van der Waals surface area contributed by atoms with Gasteiger partial charge in [0.15, 0.2) is 0 Å². The van der Waals surface area contributed by atoms with Crippen LogP contribution in [0.5, 0.6) is 0 Å². The highest BCUT2D eigenvalue weighted by atomic mass is 35.5. The zero-order valence-electron chi connectivity index (χ0n) is 9.85. The summed E-state index contributed by atoms with van der Waals surface area (Å²) < 4.78 is 4.76. The first kappa shape index (κ1) is 16.7. The summed E-state index contributed by atoms with van der Waals surface area (Å²) in [4.78, 5) is 11.1. The smallest absolute Gasteiger partial charge is 0.319 e. The monoisotopic (exact) mass is 288 g/mol. The molecule has 1 rings (SSSR count). The van der Waals surface area contributed by atoms with Crippen molar-refractivity contribution in [1.82, 2.24) is 5.32 Å². The molecule has 0 aliphatic heterocycles. The van der Waals surface area contributed by atoms with Crippen LogP contribution in [-0.4, -0.2) is 19.1 Å². The molecular weight excluding hydrogens is 275 g/mol. The van der Waals surface area contributed by atoms with Crippen molar-refractivity contribution in [3.8, 4) is 6.07 Å². The molecule has 1 unspecified atom stereocenters. The van der Waals surface area contributed by atoms with Crippen molar-refractivity contribution in [2.24, 2.45) is 0 Å². The second-order valence-electron chi connectivity index (χ2n) is 3.30. The van der Waals surface area contributed by atoms with Crippen molar-refractivity contribution in [1.29, 1.82) is 5.26 Å². The number of rotatable bonds is 5. The van der Waals surface area contributed by atoms with E-state index in [1.165, 1.54) is 0 Å². The maximum Gasteiger partial charge on any atom is 0.319 e. The lowest BCUT2D eigenvalue weighted by Gasteiger charge is -2.11. The molecule has 6 heteroatoms. The van der Waals surface area contributed by atoms with Crippen LogP contribution in [0, 0.1) is 11.3 Å². The lowest BCUT2D eigenvalue weighted by atomic mass is 10.1. The second kappa shape index (κ2) is 8.76. The molecule has 0 aliphatic rings. The van der Waals surface area contributed by atoms with Crippen LogP contribution in [-0.2, 0) is 9.53 Å². The first-order valence-corrected chi connectivity index (χ1v) is 5.59. The Hall–Kier alpha value is -1.28. The van der Waals surface area contributed by atoms with E-state index in [-0.39, 0.29) is 24.9 Å². The molecule has 0 spiro atoms. The van der Waals surface area contributed by atoms with E-state index < -0.39 is 6.04 Å². The molecule has 0 amide bonds. The fraction of sp³-hybridized carbons (Fsp3) is 0.333. The van der Waals surface area contributed by atoms with Crippen molar-refractivity contribution in [3.05, 3.63) is 34.9 Å². The van der Waals surface area contributed by atoms with Gasteiger partial charge in [-0.25, -0.2) is 0 Å². The average molecular weight is 289 g/mol. The topological polar surface area (TPSA) is 62.1 Å². The van der Waals surface area contributed by atoms with Gasteiger partial charge in [-0.3, -0.25) is 10.1 Å². The van der Waals surface area contributed by atoms with Gasteiger partial charge in [0.2, 0.25) is 0 Å². The molecule has 0 saturated carbocycles. The molecule has 0 aromatic heterocycles. The van der Waals surface area contributed by atoms with E-state index in [2.05, 4.69) is 11.4 Å². The number of carbonyl (C=O) groups excluding carboxylic acids is 1. The van der Waals surface area contributed by atoms with Gasteiger partial charge in [0.05, 0.1) is 19.2 Å². The van der Waals surface area contributed by atoms with Gasteiger partial charge in [-0.2, -0.15) is 5.26 Å².